The molecule has 0 radical (unpaired) electrons. The van der Waals surface area contributed by atoms with Crippen molar-refractivity contribution in [2.24, 2.45) is 5.41 Å². The summed E-state index contributed by atoms with van der Waals surface area (Å²) in [7, 11) is 0. The predicted octanol–water partition coefficient (Wildman–Crippen LogP) is 6.49. The summed E-state index contributed by atoms with van der Waals surface area (Å²) < 4.78 is 1.01. The number of anilines is 1. The van der Waals surface area contributed by atoms with Gasteiger partial charge in [0.05, 0.1) is 11.7 Å². The van der Waals surface area contributed by atoms with Gasteiger partial charge in [0.25, 0.3) is 0 Å². The number of nitrogens with one attached hydrogen (secondary N) is 1. The minimum atomic E-state index is 0.120. The second-order valence-electron chi connectivity index (χ2n) is 6.21. The van der Waals surface area contributed by atoms with Gasteiger partial charge in [-0.05, 0) is 69.2 Å². The van der Waals surface area contributed by atoms with Gasteiger partial charge in [-0.15, -0.1) is 0 Å². The molecule has 0 saturated heterocycles. The summed E-state index contributed by atoms with van der Waals surface area (Å²) in [5, 5.41) is 5.14. The Morgan fingerprint density at radius 2 is 1.76 bits per heavy atom. The largest absolute Gasteiger partial charge is 0.377 e. The van der Waals surface area contributed by atoms with E-state index >= 15 is 0 Å². The fourth-order valence-corrected chi connectivity index (χ4v) is 3.76. The normalized spacial score (nSPS) is 19.4. The molecule has 0 heterocycles. The van der Waals surface area contributed by atoms with Crippen molar-refractivity contribution in [3.8, 4) is 0 Å². The maximum atomic E-state index is 6.18. The smallest absolute Gasteiger partial charge is 0.0571 e. The minimum absolute atomic E-state index is 0.120. The molecule has 110 valence electrons. The number of fused-ring (bicyclic) bond motifs is 1. The second-order valence-corrected chi connectivity index (χ2v) is 7.94. The van der Waals surface area contributed by atoms with Gasteiger partial charge < -0.3 is 5.32 Å². The van der Waals surface area contributed by atoms with Crippen molar-refractivity contribution in [1.29, 1.82) is 0 Å². The maximum Gasteiger partial charge on any atom is 0.0571 e. The molecule has 1 aliphatic rings. The van der Waals surface area contributed by atoms with Gasteiger partial charge in [-0.3, -0.25) is 0 Å². The standard InChI is InChI=1S/C17H16BrCl2N/c1-17(2)9-10-3-4-11(19)7-13(10)16(17)21-15-8-12(20)5-6-14(15)18/h3-8,16,21H,9H2,1-2H3. The Kier molecular flexibility index (Phi) is 3.98. The lowest BCUT2D eigenvalue weighted by Crippen LogP contribution is -2.24. The molecule has 0 aliphatic heterocycles. The average molecular weight is 385 g/mol. The third kappa shape index (κ3) is 2.94. The van der Waals surface area contributed by atoms with Gasteiger partial charge in [0.2, 0.25) is 0 Å². The SMILES string of the molecule is CC1(C)Cc2ccc(Cl)cc2C1Nc1cc(Cl)ccc1Br. The molecule has 4 heteroatoms. The van der Waals surface area contributed by atoms with E-state index in [0.29, 0.717) is 0 Å². The molecule has 1 N–H and O–H groups in total. The monoisotopic (exact) mass is 383 g/mol. The predicted molar refractivity (Wildman–Crippen MR) is 94.5 cm³/mol. The highest BCUT2D eigenvalue weighted by atomic mass is 79.9. The first kappa shape index (κ1) is 15.2. The van der Waals surface area contributed by atoms with Crippen LogP contribution in [0, 0.1) is 5.41 Å². The fraction of sp³-hybridized carbons (Fsp3) is 0.294. The highest BCUT2D eigenvalue weighted by molar-refractivity contribution is 9.10. The Labute approximate surface area is 143 Å². The van der Waals surface area contributed by atoms with Gasteiger partial charge in [0.15, 0.2) is 0 Å². The van der Waals surface area contributed by atoms with Crippen LogP contribution in [-0.4, -0.2) is 0 Å². The summed E-state index contributed by atoms with van der Waals surface area (Å²) in [6.07, 6.45) is 1.04. The van der Waals surface area contributed by atoms with Crippen LogP contribution >= 0.6 is 39.1 Å². The molecule has 0 saturated carbocycles. The number of hydrogen-bond donors (Lipinski definition) is 1. The van der Waals surface area contributed by atoms with Gasteiger partial charge in [0.1, 0.15) is 0 Å². The first-order valence-electron chi connectivity index (χ1n) is 6.87. The molecular formula is C17H16BrCl2N. The van der Waals surface area contributed by atoms with Gasteiger partial charge in [-0.25, -0.2) is 0 Å². The number of benzene rings is 2. The van der Waals surface area contributed by atoms with Crippen LogP contribution in [0.3, 0.4) is 0 Å². The van der Waals surface area contributed by atoms with Gasteiger partial charge in [0, 0.05) is 14.5 Å². The van der Waals surface area contributed by atoms with Crippen molar-refractivity contribution in [2.75, 3.05) is 5.32 Å². The van der Waals surface area contributed by atoms with Crippen LogP contribution < -0.4 is 5.32 Å². The van der Waals surface area contributed by atoms with Crippen LogP contribution in [0.1, 0.15) is 31.0 Å². The second kappa shape index (κ2) is 5.49. The molecule has 0 bridgehead atoms. The van der Waals surface area contributed by atoms with E-state index in [1.165, 1.54) is 11.1 Å². The molecule has 0 amide bonds. The van der Waals surface area contributed by atoms with Crippen LogP contribution in [0.25, 0.3) is 0 Å². The quantitative estimate of drug-likeness (QED) is 0.623. The summed E-state index contributed by atoms with van der Waals surface area (Å²) in [4.78, 5) is 0. The van der Waals surface area contributed by atoms with E-state index in [9.17, 15) is 0 Å². The Morgan fingerprint density at radius 3 is 2.52 bits per heavy atom. The molecule has 0 aromatic heterocycles. The molecule has 1 unspecified atom stereocenters. The molecular weight excluding hydrogens is 369 g/mol. The third-order valence-corrected chi connectivity index (χ3v) is 5.24. The summed E-state index contributed by atoms with van der Waals surface area (Å²) in [6, 6.07) is 12.2. The van der Waals surface area contributed by atoms with E-state index < -0.39 is 0 Å². The molecule has 2 aromatic rings. The highest BCUT2D eigenvalue weighted by Crippen LogP contribution is 2.48. The van der Waals surface area contributed by atoms with Crippen molar-refractivity contribution in [1.82, 2.24) is 0 Å². The van der Waals surface area contributed by atoms with Crippen LogP contribution in [-0.2, 0) is 6.42 Å². The van der Waals surface area contributed by atoms with E-state index in [1.54, 1.807) is 0 Å². The van der Waals surface area contributed by atoms with Gasteiger partial charge >= 0.3 is 0 Å². The zero-order valence-electron chi connectivity index (χ0n) is 11.9. The van der Waals surface area contributed by atoms with E-state index in [0.717, 1.165) is 26.6 Å². The lowest BCUT2D eigenvalue weighted by molar-refractivity contribution is 0.337. The number of halogens is 3. The molecule has 3 rings (SSSR count). The fourth-order valence-electron chi connectivity index (χ4n) is 3.05. The third-order valence-electron chi connectivity index (χ3n) is 4.07. The Bertz CT molecular complexity index is 697. The summed E-state index contributed by atoms with van der Waals surface area (Å²) in [5.74, 6) is 0. The summed E-state index contributed by atoms with van der Waals surface area (Å²) in [5.41, 5.74) is 3.77. The Hall–Kier alpha value is -0.700. The number of hydrogen-bond acceptors (Lipinski definition) is 1. The lowest BCUT2D eigenvalue weighted by Gasteiger charge is -2.30. The Balaban J connectivity index is 2.01. The summed E-state index contributed by atoms with van der Waals surface area (Å²) in [6.45, 7) is 4.55. The van der Waals surface area contributed by atoms with Crippen molar-refractivity contribution >= 4 is 44.8 Å². The van der Waals surface area contributed by atoms with Crippen LogP contribution in [0.4, 0.5) is 5.69 Å². The van der Waals surface area contributed by atoms with Crippen LogP contribution in [0.15, 0.2) is 40.9 Å². The first-order chi connectivity index (χ1) is 9.87. The van der Waals surface area contributed by atoms with E-state index in [1.807, 2.05) is 24.3 Å². The molecule has 0 fully saturated rings. The van der Waals surface area contributed by atoms with Crippen molar-refractivity contribution in [2.45, 2.75) is 26.3 Å². The van der Waals surface area contributed by atoms with E-state index in [4.69, 9.17) is 23.2 Å². The van der Waals surface area contributed by atoms with E-state index in [2.05, 4.69) is 47.2 Å². The lowest BCUT2D eigenvalue weighted by atomic mass is 9.85. The molecule has 1 nitrogen and oxygen atoms in total. The molecule has 2 aromatic carbocycles. The Morgan fingerprint density at radius 1 is 1.10 bits per heavy atom. The zero-order valence-corrected chi connectivity index (χ0v) is 15.0. The van der Waals surface area contributed by atoms with Crippen molar-refractivity contribution in [3.63, 3.8) is 0 Å². The minimum Gasteiger partial charge on any atom is -0.377 e. The van der Waals surface area contributed by atoms with Gasteiger partial charge in [-0.2, -0.15) is 0 Å². The van der Waals surface area contributed by atoms with E-state index in [-0.39, 0.29) is 11.5 Å². The zero-order chi connectivity index (χ0) is 15.2. The highest BCUT2D eigenvalue weighted by Gasteiger charge is 2.39. The number of rotatable bonds is 2. The van der Waals surface area contributed by atoms with Crippen molar-refractivity contribution < 1.29 is 0 Å². The van der Waals surface area contributed by atoms with Crippen LogP contribution in [0.5, 0.6) is 0 Å². The maximum absolute atomic E-state index is 6.18. The van der Waals surface area contributed by atoms with Crippen molar-refractivity contribution in [3.05, 3.63) is 62.0 Å². The first-order valence-corrected chi connectivity index (χ1v) is 8.42. The summed E-state index contributed by atoms with van der Waals surface area (Å²) >= 11 is 15.9. The topological polar surface area (TPSA) is 12.0 Å². The van der Waals surface area contributed by atoms with Gasteiger partial charge in [-0.1, -0.05) is 43.1 Å². The molecule has 21 heavy (non-hydrogen) atoms. The van der Waals surface area contributed by atoms with Crippen LogP contribution in [0.2, 0.25) is 10.0 Å². The molecule has 0 spiro atoms. The average Bonchev–Trinajstić information content (AvgIpc) is 2.65. The molecule has 1 atom stereocenters. The molecule has 1 aliphatic carbocycles.